The highest BCUT2D eigenvalue weighted by Crippen LogP contribution is 2.30. The number of benzene rings is 1. The minimum absolute atomic E-state index is 0.0909. The fourth-order valence-electron chi connectivity index (χ4n) is 3.80. The van der Waals surface area contributed by atoms with E-state index in [-0.39, 0.29) is 22.8 Å². The molecular weight excluding hydrogens is 526 g/mol. The summed E-state index contributed by atoms with van der Waals surface area (Å²) in [5, 5.41) is 6.03. The number of carbonyl (C=O) groups is 2. The Hall–Kier alpha value is -1.73. The van der Waals surface area contributed by atoms with Crippen molar-refractivity contribution >= 4 is 37.8 Å². The first-order chi connectivity index (χ1) is 16.2. The summed E-state index contributed by atoms with van der Waals surface area (Å²) in [6.07, 6.45) is 2.75. The van der Waals surface area contributed by atoms with E-state index in [1.54, 1.807) is 25.1 Å². The first-order valence-corrected chi connectivity index (χ1v) is 13.7. The highest BCUT2D eigenvalue weighted by atomic mass is 79.9. The molecule has 2 saturated heterocycles. The Kier molecular flexibility index (Phi) is 9.72. The maximum Gasteiger partial charge on any atom is 0.243 e. The van der Waals surface area contributed by atoms with Gasteiger partial charge in [0.25, 0.3) is 0 Å². The van der Waals surface area contributed by atoms with Gasteiger partial charge in [0.2, 0.25) is 21.8 Å². The van der Waals surface area contributed by atoms with Gasteiger partial charge in [-0.3, -0.25) is 14.5 Å². The zero-order valence-corrected chi connectivity index (χ0v) is 21.7. The molecule has 2 aliphatic rings. The van der Waals surface area contributed by atoms with Crippen LogP contribution in [0, 0.1) is 12.3 Å². The van der Waals surface area contributed by atoms with Crippen LogP contribution in [-0.2, 0) is 19.6 Å². The molecule has 1 aromatic rings. The van der Waals surface area contributed by atoms with Crippen LogP contribution in [0.4, 0.5) is 0 Å². The third-order valence-corrected chi connectivity index (χ3v) is 8.57. The number of halogens is 1. The van der Waals surface area contributed by atoms with E-state index < -0.39 is 15.9 Å². The number of carbonyl (C=O) groups excluding carboxylic acids is 2. The lowest BCUT2D eigenvalue weighted by Gasteiger charge is -2.34. The minimum Gasteiger partial charge on any atom is -0.488 e. The van der Waals surface area contributed by atoms with Crippen LogP contribution in [0.15, 0.2) is 27.6 Å². The highest BCUT2D eigenvalue weighted by Gasteiger charge is 2.29. The fraction of sp³-hybridized carbons (Fsp3) is 0.591. The molecule has 0 spiro atoms. The van der Waals surface area contributed by atoms with E-state index in [2.05, 4.69) is 31.5 Å². The van der Waals surface area contributed by atoms with Gasteiger partial charge in [-0.15, -0.1) is 0 Å². The van der Waals surface area contributed by atoms with E-state index in [4.69, 9.17) is 10.5 Å². The predicted molar refractivity (Wildman–Crippen MR) is 132 cm³/mol. The number of rotatable bonds is 11. The third kappa shape index (κ3) is 7.38. The van der Waals surface area contributed by atoms with Crippen molar-refractivity contribution in [3.63, 3.8) is 0 Å². The second-order valence-corrected chi connectivity index (χ2v) is 11.4. The molecular formula is C22H33BrN5O5S. The number of nitrogens with two attached hydrogens (primary N) is 1. The average molecular weight is 560 g/mol. The van der Waals surface area contributed by atoms with Crippen molar-refractivity contribution in [2.75, 3.05) is 52.4 Å². The van der Waals surface area contributed by atoms with Crippen LogP contribution < -0.4 is 21.1 Å². The highest BCUT2D eigenvalue weighted by molar-refractivity contribution is 9.10. The number of hydrogen-bond acceptors (Lipinski definition) is 7. The number of nitrogens with zero attached hydrogens (tertiary/aromatic N) is 2. The molecule has 2 atom stereocenters. The van der Waals surface area contributed by atoms with Gasteiger partial charge in [0.1, 0.15) is 11.9 Å². The van der Waals surface area contributed by atoms with Crippen LogP contribution in [-0.4, -0.2) is 87.9 Å². The maximum atomic E-state index is 13.1. The molecule has 0 unspecified atom stereocenters. The van der Waals surface area contributed by atoms with Gasteiger partial charge in [-0.05, 0) is 53.5 Å². The molecule has 1 radical (unpaired) electrons. The molecule has 2 amide bonds. The first-order valence-electron chi connectivity index (χ1n) is 11.5. The van der Waals surface area contributed by atoms with Crippen LogP contribution in [0.25, 0.3) is 0 Å². The summed E-state index contributed by atoms with van der Waals surface area (Å²) in [4.78, 5) is 25.2. The van der Waals surface area contributed by atoms with Crippen LogP contribution >= 0.6 is 15.9 Å². The van der Waals surface area contributed by atoms with Gasteiger partial charge in [-0.25, -0.2) is 8.42 Å². The van der Waals surface area contributed by atoms with E-state index in [1.165, 1.54) is 10.7 Å². The topological polar surface area (TPSA) is 134 Å². The molecule has 1 aromatic carbocycles. The van der Waals surface area contributed by atoms with E-state index >= 15 is 0 Å². The number of hydrogen-bond donors (Lipinski definition) is 3. The van der Waals surface area contributed by atoms with Crippen molar-refractivity contribution < 1.29 is 22.7 Å². The van der Waals surface area contributed by atoms with Crippen molar-refractivity contribution in [3.05, 3.63) is 29.1 Å². The summed E-state index contributed by atoms with van der Waals surface area (Å²) in [6.45, 7) is 6.35. The number of piperazine rings is 1. The zero-order valence-electron chi connectivity index (χ0n) is 19.3. The lowest BCUT2D eigenvalue weighted by atomic mass is 10.1. The Morgan fingerprint density at radius 3 is 2.68 bits per heavy atom. The summed E-state index contributed by atoms with van der Waals surface area (Å²) in [6, 6.07) is 4.90. The van der Waals surface area contributed by atoms with Gasteiger partial charge in [0.05, 0.1) is 15.8 Å². The molecule has 0 saturated carbocycles. The number of ether oxygens (including phenoxy) is 1. The summed E-state index contributed by atoms with van der Waals surface area (Å²) < 4.78 is 34.3. The van der Waals surface area contributed by atoms with Crippen molar-refractivity contribution in [2.24, 2.45) is 11.7 Å². The standard InChI is InChI=1S/C22H33BrN5O5S/c1-16(22(24)30)2-5-21(29)26-8-9-27-10-12-28(13-11-27)34(31,32)18-3-4-20(19(23)14-18)33-17-6-7-25-15-17/h3-5,14,16-17,25H,2,6-13,15H2,1H3,(H2,24,30)(H,26,29)/t16-,17-/m0/s1. The van der Waals surface area contributed by atoms with Gasteiger partial charge in [-0.2, -0.15) is 4.31 Å². The fourth-order valence-corrected chi connectivity index (χ4v) is 5.87. The summed E-state index contributed by atoms with van der Waals surface area (Å²) in [5.74, 6) is -0.415. The number of sulfonamides is 1. The Morgan fingerprint density at radius 2 is 2.06 bits per heavy atom. The molecule has 3 rings (SSSR count). The maximum absolute atomic E-state index is 13.1. The van der Waals surface area contributed by atoms with E-state index in [1.807, 2.05) is 0 Å². The van der Waals surface area contributed by atoms with Crippen molar-refractivity contribution in [1.82, 2.24) is 19.8 Å². The predicted octanol–water partition coefficient (Wildman–Crippen LogP) is 0.328. The first kappa shape index (κ1) is 26.9. The molecule has 2 aliphatic heterocycles. The van der Waals surface area contributed by atoms with Crippen molar-refractivity contribution in [3.8, 4) is 5.75 Å². The lowest BCUT2D eigenvalue weighted by Crippen LogP contribution is -2.50. The van der Waals surface area contributed by atoms with E-state index in [0.717, 1.165) is 19.5 Å². The smallest absolute Gasteiger partial charge is 0.243 e. The molecule has 189 valence electrons. The Morgan fingerprint density at radius 1 is 1.32 bits per heavy atom. The third-order valence-electron chi connectivity index (χ3n) is 6.05. The van der Waals surface area contributed by atoms with Crippen LogP contribution in [0.3, 0.4) is 0 Å². The van der Waals surface area contributed by atoms with Gasteiger partial charge in [0, 0.05) is 51.7 Å². The van der Waals surface area contributed by atoms with Crippen molar-refractivity contribution in [2.45, 2.75) is 30.8 Å². The Balaban J connectivity index is 1.43. The molecule has 34 heavy (non-hydrogen) atoms. The summed E-state index contributed by atoms with van der Waals surface area (Å²) in [5.41, 5.74) is 5.19. The van der Waals surface area contributed by atoms with Gasteiger partial charge >= 0.3 is 0 Å². The molecule has 0 aromatic heterocycles. The summed E-state index contributed by atoms with van der Waals surface area (Å²) in [7, 11) is -3.61. The number of nitrogens with one attached hydrogen (secondary N) is 2. The molecule has 2 heterocycles. The number of amides is 2. The molecule has 4 N–H and O–H groups in total. The summed E-state index contributed by atoms with van der Waals surface area (Å²) >= 11 is 3.45. The Labute approximate surface area is 209 Å². The van der Waals surface area contributed by atoms with Crippen LogP contribution in [0.5, 0.6) is 5.75 Å². The van der Waals surface area contributed by atoms with Crippen LogP contribution in [0.2, 0.25) is 0 Å². The normalized spacial score (nSPS) is 20.7. The Bertz CT molecular complexity index is 962. The molecule has 10 nitrogen and oxygen atoms in total. The molecule has 12 heteroatoms. The SMILES string of the molecule is C[C@@H](C[CH]C(=O)NCCN1CCN(S(=O)(=O)c2ccc(O[C@H]3CCNC3)c(Br)c2)CC1)C(N)=O. The van der Waals surface area contributed by atoms with Crippen molar-refractivity contribution in [1.29, 1.82) is 0 Å². The van der Waals surface area contributed by atoms with Crippen LogP contribution in [0.1, 0.15) is 19.8 Å². The monoisotopic (exact) mass is 558 g/mol. The molecule has 2 fully saturated rings. The minimum atomic E-state index is -3.61. The van der Waals surface area contributed by atoms with Gasteiger partial charge in [-0.1, -0.05) is 6.92 Å². The number of primary amides is 1. The molecule has 0 aliphatic carbocycles. The largest absolute Gasteiger partial charge is 0.488 e. The molecule has 0 bridgehead atoms. The second-order valence-electron chi connectivity index (χ2n) is 8.60. The van der Waals surface area contributed by atoms with Gasteiger partial charge < -0.3 is 21.1 Å². The zero-order chi connectivity index (χ0) is 24.7. The van der Waals surface area contributed by atoms with E-state index in [0.29, 0.717) is 55.9 Å². The lowest BCUT2D eigenvalue weighted by molar-refractivity contribution is -0.121. The van der Waals surface area contributed by atoms with E-state index in [9.17, 15) is 18.0 Å². The quantitative estimate of drug-likeness (QED) is 0.356. The average Bonchev–Trinajstić information content (AvgIpc) is 3.32. The van der Waals surface area contributed by atoms with Gasteiger partial charge in [0.15, 0.2) is 0 Å². The second kappa shape index (κ2) is 12.3.